The topological polar surface area (TPSA) is 81.9 Å². The van der Waals surface area contributed by atoms with E-state index in [1.807, 2.05) is 23.6 Å². The van der Waals surface area contributed by atoms with E-state index in [1.165, 1.54) is 0 Å². The number of thioether (sulfide) groups is 1. The third-order valence-electron chi connectivity index (χ3n) is 5.70. The molecule has 1 N–H and O–H groups in total. The molecule has 146 valence electrons. The van der Waals surface area contributed by atoms with Gasteiger partial charge in [0.1, 0.15) is 11.6 Å². The summed E-state index contributed by atoms with van der Waals surface area (Å²) in [6.45, 7) is 5.88. The maximum absolute atomic E-state index is 12.7. The fraction of sp³-hybridized carbons (Fsp3) is 0.700. The SMILES string of the molecule is CCc1nnc(NC2CCC(C(=O)N3CCSCC3)CC2)c(C#N)c1CC. The molecule has 2 fully saturated rings. The zero-order valence-electron chi connectivity index (χ0n) is 16.3. The van der Waals surface area contributed by atoms with Gasteiger partial charge in [0.2, 0.25) is 5.91 Å². The summed E-state index contributed by atoms with van der Waals surface area (Å²) in [4.78, 5) is 14.8. The molecule has 7 heteroatoms. The summed E-state index contributed by atoms with van der Waals surface area (Å²) in [5.41, 5.74) is 2.55. The average Bonchev–Trinajstić information content (AvgIpc) is 2.73. The molecule has 2 aliphatic rings. The molecule has 1 saturated carbocycles. The minimum Gasteiger partial charge on any atom is -0.365 e. The largest absolute Gasteiger partial charge is 0.365 e. The normalized spacial score (nSPS) is 22.9. The third-order valence-corrected chi connectivity index (χ3v) is 6.64. The molecule has 0 atom stereocenters. The Morgan fingerprint density at radius 1 is 1.19 bits per heavy atom. The lowest BCUT2D eigenvalue weighted by molar-refractivity contribution is -0.136. The van der Waals surface area contributed by atoms with E-state index in [0.29, 0.717) is 17.3 Å². The summed E-state index contributed by atoms with van der Waals surface area (Å²) in [6, 6.07) is 2.58. The number of rotatable bonds is 5. The molecule has 0 aromatic carbocycles. The van der Waals surface area contributed by atoms with E-state index in [1.54, 1.807) is 0 Å². The second-order valence-electron chi connectivity index (χ2n) is 7.30. The zero-order chi connectivity index (χ0) is 19.2. The van der Waals surface area contributed by atoms with Gasteiger partial charge in [-0.25, -0.2) is 0 Å². The summed E-state index contributed by atoms with van der Waals surface area (Å²) < 4.78 is 0. The minimum atomic E-state index is 0.154. The van der Waals surface area contributed by atoms with Gasteiger partial charge >= 0.3 is 0 Å². The van der Waals surface area contributed by atoms with Crippen LogP contribution in [0.1, 0.15) is 56.4 Å². The summed E-state index contributed by atoms with van der Waals surface area (Å²) in [7, 11) is 0. The number of aryl methyl sites for hydroxylation is 1. The molecule has 1 aromatic rings. The highest BCUT2D eigenvalue weighted by Crippen LogP contribution is 2.30. The standard InChI is InChI=1S/C20H29N5OS/c1-3-16-17(13-21)19(24-23-18(16)4-2)22-15-7-5-14(6-8-15)20(26)25-9-11-27-12-10-25/h14-15H,3-12H2,1-2H3,(H,22,24). The molecular weight excluding hydrogens is 358 g/mol. The van der Waals surface area contributed by atoms with Crippen LogP contribution in [0.15, 0.2) is 0 Å². The van der Waals surface area contributed by atoms with E-state index >= 15 is 0 Å². The van der Waals surface area contributed by atoms with Crippen molar-refractivity contribution in [1.29, 1.82) is 5.26 Å². The van der Waals surface area contributed by atoms with Gasteiger partial charge < -0.3 is 10.2 Å². The zero-order valence-corrected chi connectivity index (χ0v) is 17.1. The molecule has 0 radical (unpaired) electrons. The molecule has 2 heterocycles. The number of hydrogen-bond acceptors (Lipinski definition) is 6. The Hall–Kier alpha value is -1.81. The third kappa shape index (κ3) is 4.55. The molecule has 0 spiro atoms. The monoisotopic (exact) mass is 387 g/mol. The van der Waals surface area contributed by atoms with Crippen LogP contribution in [0.25, 0.3) is 0 Å². The lowest BCUT2D eigenvalue weighted by Gasteiger charge is -2.34. The highest BCUT2D eigenvalue weighted by molar-refractivity contribution is 7.99. The number of nitriles is 1. The smallest absolute Gasteiger partial charge is 0.225 e. The van der Waals surface area contributed by atoms with Gasteiger partial charge in [-0.15, -0.1) is 5.10 Å². The number of aromatic nitrogens is 2. The van der Waals surface area contributed by atoms with E-state index in [9.17, 15) is 10.1 Å². The van der Waals surface area contributed by atoms with Crippen LogP contribution in [0.5, 0.6) is 0 Å². The first-order chi connectivity index (χ1) is 13.2. The quantitative estimate of drug-likeness (QED) is 0.836. The van der Waals surface area contributed by atoms with Crippen LogP contribution in [0.4, 0.5) is 5.82 Å². The van der Waals surface area contributed by atoms with Crippen LogP contribution in [-0.2, 0) is 17.6 Å². The first-order valence-electron chi connectivity index (χ1n) is 10.1. The van der Waals surface area contributed by atoms with Gasteiger partial charge in [0, 0.05) is 36.6 Å². The molecule has 1 saturated heterocycles. The van der Waals surface area contributed by atoms with E-state index < -0.39 is 0 Å². The summed E-state index contributed by atoms with van der Waals surface area (Å²) >= 11 is 1.93. The van der Waals surface area contributed by atoms with Gasteiger partial charge in [-0.3, -0.25) is 4.79 Å². The highest BCUT2D eigenvalue weighted by atomic mass is 32.2. The van der Waals surface area contributed by atoms with Crippen molar-refractivity contribution in [3.63, 3.8) is 0 Å². The number of carbonyl (C=O) groups excluding carboxylic acids is 1. The van der Waals surface area contributed by atoms with Crippen LogP contribution < -0.4 is 5.32 Å². The Morgan fingerprint density at radius 2 is 1.89 bits per heavy atom. The first kappa shape index (κ1) is 19.9. The predicted octanol–water partition coefficient (Wildman–Crippen LogP) is 3.02. The van der Waals surface area contributed by atoms with Crippen molar-refractivity contribution in [2.24, 2.45) is 5.92 Å². The van der Waals surface area contributed by atoms with E-state index in [-0.39, 0.29) is 12.0 Å². The number of hydrogen-bond donors (Lipinski definition) is 1. The molecule has 1 aliphatic carbocycles. The van der Waals surface area contributed by atoms with Crippen molar-refractivity contribution in [2.75, 3.05) is 29.9 Å². The molecule has 1 amide bonds. The lowest BCUT2D eigenvalue weighted by Crippen LogP contribution is -2.43. The number of nitrogens with one attached hydrogen (secondary N) is 1. The number of nitrogens with zero attached hydrogens (tertiary/aromatic N) is 4. The van der Waals surface area contributed by atoms with Gasteiger partial charge in [0.25, 0.3) is 0 Å². The number of amides is 1. The second kappa shape index (κ2) is 9.41. The first-order valence-corrected chi connectivity index (χ1v) is 11.2. The second-order valence-corrected chi connectivity index (χ2v) is 8.52. The predicted molar refractivity (Wildman–Crippen MR) is 109 cm³/mol. The maximum Gasteiger partial charge on any atom is 0.225 e. The summed E-state index contributed by atoms with van der Waals surface area (Å²) in [5, 5.41) is 21.7. The minimum absolute atomic E-state index is 0.154. The van der Waals surface area contributed by atoms with Crippen molar-refractivity contribution in [2.45, 2.75) is 58.4 Å². The van der Waals surface area contributed by atoms with E-state index in [0.717, 1.165) is 74.4 Å². The van der Waals surface area contributed by atoms with Crippen LogP contribution >= 0.6 is 11.8 Å². The molecule has 1 aliphatic heterocycles. The number of anilines is 1. The van der Waals surface area contributed by atoms with Crippen molar-refractivity contribution in [3.05, 3.63) is 16.8 Å². The Kier molecular flexibility index (Phi) is 6.95. The molecular formula is C20H29N5OS. The molecule has 0 bridgehead atoms. The Bertz CT molecular complexity index is 703. The van der Waals surface area contributed by atoms with Crippen LogP contribution in [0.3, 0.4) is 0 Å². The summed E-state index contributed by atoms with van der Waals surface area (Å²) in [6.07, 6.45) is 5.25. The van der Waals surface area contributed by atoms with Gasteiger partial charge in [0.05, 0.1) is 5.69 Å². The van der Waals surface area contributed by atoms with Gasteiger partial charge in [-0.1, -0.05) is 13.8 Å². The Balaban J connectivity index is 1.61. The lowest BCUT2D eigenvalue weighted by atomic mass is 9.85. The highest BCUT2D eigenvalue weighted by Gasteiger charge is 2.30. The van der Waals surface area contributed by atoms with Gasteiger partial charge in [-0.2, -0.15) is 22.1 Å². The average molecular weight is 388 g/mol. The molecule has 1 aromatic heterocycles. The Labute approximate surface area is 166 Å². The fourth-order valence-electron chi connectivity index (χ4n) is 4.11. The molecule has 0 unspecified atom stereocenters. The molecule has 27 heavy (non-hydrogen) atoms. The van der Waals surface area contributed by atoms with Crippen molar-refractivity contribution in [1.82, 2.24) is 15.1 Å². The van der Waals surface area contributed by atoms with Gasteiger partial charge in [-0.05, 0) is 44.1 Å². The van der Waals surface area contributed by atoms with Crippen molar-refractivity contribution < 1.29 is 4.79 Å². The Morgan fingerprint density at radius 3 is 2.48 bits per heavy atom. The van der Waals surface area contributed by atoms with Crippen molar-refractivity contribution in [3.8, 4) is 6.07 Å². The van der Waals surface area contributed by atoms with Gasteiger partial charge in [0.15, 0.2) is 5.82 Å². The summed E-state index contributed by atoms with van der Waals surface area (Å²) in [5.74, 6) is 3.22. The fourth-order valence-corrected chi connectivity index (χ4v) is 5.02. The molecule has 6 nitrogen and oxygen atoms in total. The van der Waals surface area contributed by atoms with Crippen LogP contribution in [0, 0.1) is 17.2 Å². The maximum atomic E-state index is 12.7. The van der Waals surface area contributed by atoms with E-state index in [2.05, 4.69) is 28.5 Å². The van der Waals surface area contributed by atoms with E-state index in [4.69, 9.17) is 0 Å². The van der Waals surface area contributed by atoms with Crippen molar-refractivity contribution >= 4 is 23.5 Å². The van der Waals surface area contributed by atoms with Crippen LogP contribution in [0.2, 0.25) is 0 Å². The number of carbonyl (C=O) groups is 1. The molecule has 3 rings (SSSR count). The van der Waals surface area contributed by atoms with Crippen LogP contribution in [-0.4, -0.2) is 51.6 Å².